The highest BCUT2D eigenvalue weighted by Gasteiger charge is 2.10. The predicted octanol–water partition coefficient (Wildman–Crippen LogP) is 2.07. The summed E-state index contributed by atoms with van der Waals surface area (Å²) in [6.45, 7) is 1.91. The van der Waals surface area contributed by atoms with Gasteiger partial charge in [-0.2, -0.15) is 0 Å². The minimum Gasteiger partial charge on any atom is -0.481 e. The molecule has 1 aromatic rings. The molecular formula is C14H19NO4. The first-order valence-corrected chi connectivity index (χ1v) is 6.16. The van der Waals surface area contributed by atoms with Crippen molar-refractivity contribution < 1.29 is 19.4 Å². The molecule has 1 aromatic carbocycles. The van der Waals surface area contributed by atoms with Crippen LogP contribution in [-0.4, -0.2) is 30.2 Å². The summed E-state index contributed by atoms with van der Waals surface area (Å²) in [7, 11) is 1.36. The van der Waals surface area contributed by atoms with Crippen molar-refractivity contribution in [3.8, 4) is 0 Å². The molecule has 19 heavy (non-hydrogen) atoms. The van der Waals surface area contributed by atoms with Gasteiger partial charge in [-0.05, 0) is 25.0 Å². The normalized spacial score (nSPS) is 11.7. The fourth-order valence-electron chi connectivity index (χ4n) is 1.72. The molecule has 1 rings (SSSR count). The number of anilines is 1. The number of esters is 1. The van der Waals surface area contributed by atoms with E-state index in [1.54, 1.807) is 0 Å². The largest absolute Gasteiger partial charge is 0.481 e. The third kappa shape index (κ3) is 5.42. The number of carbonyl (C=O) groups is 2. The summed E-state index contributed by atoms with van der Waals surface area (Å²) < 4.78 is 4.65. The van der Waals surface area contributed by atoms with Crippen molar-refractivity contribution in [2.24, 2.45) is 0 Å². The number of hydrogen-bond acceptors (Lipinski definition) is 4. The molecular weight excluding hydrogens is 246 g/mol. The van der Waals surface area contributed by atoms with Gasteiger partial charge in [0.25, 0.3) is 0 Å². The fourth-order valence-corrected chi connectivity index (χ4v) is 1.72. The molecule has 0 amide bonds. The Balaban J connectivity index is 2.66. The molecule has 5 heteroatoms. The summed E-state index contributed by atoms with van der Waals surface area (Å²) in [6.07, 6.45) is 0.848. The first kappa shape index (κ1) is 15.0. The van der Waals surface area contributed by atoms with Crippen LogP contribution in [0.2, 0.25) is 0 Å². The number of benzene rings is 1. The number of rotatable bonds is 7. The van der Waals surface area contributed by atoms with E-state index in [9.17, 15) is 9.59 Å². The van der Waals surface area contributed by atoms with Crippen LogP contribution in [-0.2, 0) is 20.7 Å². The molecule has 0 fully saturated rings. The number of methoxy groups -OCH3 is 1. The predicted molar refractivity (Wildman–Crippen MR) is 72.1 cm³/mol. The van der Waals surface area contributed by atoms with Crippen molar-refractivity contribution in [3.05, 3.63) is 29.8 Å². The van der Waals surface area contributed by atoms with E-state index < -0.39 is 5.97 Å². The Kier molecular flexibility index (Phi) is 5.85. The Morgan fingerprint density at radius 2 is 2.05 bits per heavy atom. The number of aliphatic carboxylic acids is 1. The monoisotopic (exact) mass is 265 g/mol. The third-order valence-electron chi connectivity index (χ3n) is 2.77. The summed E-state index contributed by atoms with van der Waals surface area (Å²) in [5.41, 5.74) is 1.68. The lowest BCUT2D eigenvalue weighted by Crippen LogP contribution is -2.18. The Labute approximate surface area is 112 Å². The highest BCUT2D eigenvalue weighted by Crippen LogP contribution is 2.18. The highest BCUT2D eigenvalue weighted by molar-refractivity contribution is 5.75. The smallest absolute Gasteiger partial charge is 0.310 e. The van der Waals surface area contributed by atoms with Gasteiger partial charge in [-0.25, -0.2) is 0 Å². The number of nitrogens with one attached hydrogen (secondary N) is 1. The van der Waals surface area contributed by atoms with E-state index >= 15 is 0 Å². The molecule has 0 aliphatic carbocycles. The van der Waals surface area contributed by atoms with Crippen LogP contribution in [0, 0.1) is 0 Å². The van der Waals surface area contributed by atoms with Gasteiger partial charge >= 0.3 is 11.9 Å². The average Bonchev–Trinajstić information content (AvgIpc) is 2.38. The first-order chi connectivity index (χ1) is 9.02. The van der Waals surface area contributed by atoms with Gasteiger partial charge < -0.3 is 15.2 Å². The minimum atomic E-state index is -0.809. The average molecular weight is 265 g/mol. The van der Waals surface area contributed by atoms with Crippen LogP contribution in [0.25, 0.3) is 0 Å². The van der Waals surface area contributed by atoms with Gasteiger partial charge in [0.1, 0.15) is 0 Å². The van der Waals surface area contributed by atoms with Gasteiger partial charge in [0.2, 0.25) is 0 Å². The molecule has 0 radical (unpaired) electrons. The Hall–Kier alpha value is -2.04. The first-order valence-electron chi connectivity index (χ1n) is 6.16. The fraction of sp³-hybridized carbons (Fsp3) is 0.429. The Bertz CT molecular complexity index is 445. The second kappa shape index (κ2) is 7.41. The summed E-state index contributed by atoms with van der Waals surface area (Å²) in [6, 6.07) is 7.46. The second-order valence-electron chi connectivity index (χ2n) is 4.39. The number of carboxylic acids is 1. The molecule has 0 saturated carbocycles. The lowest BCUT2D eigenvalue weighted by Gasteiger charge is -2.17. The van der Waals surface area contributed by atoms with Crippen LogP contribution >= 0.6 is 0 Å². The Morgan fingerprint density at radius 3 is 2.68 bits per heavy atom. The SMILES string of the molecule is COC(=O)Cc1ccccc1NC(C)CCC(=O)O. The maximum absolute atomic E-state index is 11.3. The van der Waals surface area contributed by atoms with E-state index in [0.29, 0.717) is 6.42 Å². The molecule has 0 bridgehead atoms. The van der Waals surface area contributed by atoms with E-state index in [1.807, 2.05) is 31.2 Å². The summed E-state index contributed by atoms with van der Waals surface area (Å²) in [4.78, 5) is 21.8. The second-order valence-corrected chi connectivity index (χ2v) is 4.39. The van der Waals surface area contributed by atoms with Crippen molar-refractivity contribution in [3.63, 3.8) is 0 Å². The van der Waals surface area contributed by atoms with Crippen LogP contribution in [0.15, 0.2) is 24.3 Å². The van der Waals surface area contributed by atoms with E-state index in [1.165, 1.54) is 7.11 Å². The quantitative estimate of drug-likeness (QED) is 0.738. The molecule has 0 spiro atoms. The molecule has 0 aliphatic rings. The zero-order chi connectivity index (χ0) is 14.3. The molecule has 0 aromatic heterocycles. The van der Waals surface area contributed by atoms with Crippen molar-refractivity contribution in [1.29, 1.82) is 0 Å². The van der Waals surface area contributed by atoms with Crippen molar-refractivity contribution in [2.45, 2.75) is 32.2 Å². The van der Waals surface area contributed by atoms with E-state index in [0.717, 1.165) is 11.3 Å². The topological polar surface area (TPSA) is 75.6 Å². The van der Waals surface area contributed by atoms with Crippen molar-refractivity contribution >= 4 is 17.6 Å². The summed E-state index contributed by atoms with van der Waals surface area (Å²) in [5.74, 6) is -1.11. The molecule has 2 N–H and O–H groups in total. The molecule has 1 atom stereocenters. The maximum atomic E-state index is 11.3. The van der Waals surface area contributed by atoms with E-state index in [2.05, 4.69) is 10.1 Å². The van der Waals surface area contributed by atoms with Crippen molar-refractivity contribution in [2.75, 3.05) is 12.4 Å². The highest BCUT2D eigenvalue weighted by atomic mass is 16.5. The molecule has 0 heterocycles. The zero-order valence-electron chi connectivity index (χ0n) is 11.2. The lowest BCUT2D eigenvalue weighted by atomic mass is 10.1. The molecule has 1 unspecified atom stereocenters. The van der Waals surface area contributed by atoms with Crippen LogP contribution in [0.1, 0.15) is 25.3 Å². The Morgan fingerprint density at radius 1 is 1.37 bits per heavy atom. The van der Waals surface area contributed by atoms with E-state index in [4.69, 9.17) is 5.11 Å². The molecule has 104 valence electrons. The summed E-state index contributed by atoms with van der Waals surface area (Å²) >= 11 is 0. The summed E-state index contributed by atoms with van der Waals surface area (Å²) in [5, 5.41) is 11.9. The number of carboxylic acid groups (broad SMARTS) is 1. The molecule has 5 nitrogen and oxygen atoms in total. The molecule has 0 saturated heterocycles. The van der Waals surface area contributed by atoms with Gasteiger partial charge in [0.15, 0.2) is 0 Å². The van der Waals surface area contributed by atoms with Gasteiger partial charge in [-0.1, -0.05) is 18.2 Å². The van der Waals surface area contributed by atoms with Crippen molar-refractivity contribution in [1.82, 2.24) is 0 Å². The standard InChI is InChI=1S/C14H19NO4/c1-10(7-8-13(16)17)15-12-6-4-3-5-11(12)9-14(18)19-2/h3-6,10,15H,7-9H2,1-2H3,(H,16,17). The number of para-hydroxylation sites is 1. The van der Waals surface area contributed by atoms with Crippen LogP contribution in [0.3, 0.4) is 0 Å². The number of hydrogen-bond donors (Lipinski definition) is 2. The van der Waals surface area contributed by atoms with Gasteiger partial charge in [0, 0.05) is 18.2 Å². The lowest BCUT2D eigenvalue weighted by molar-refractivity contribution is -0.140. The van der Waals surface area contributed by atoms with Crippen LogP contribution in [0.4, 0.5) is 5.69 Å². The van der Waals surface area contributed by atoms with E-state index in [-0.39, 0.29) is 24.9 Å². The molecule has 0 aliphatic heterocycles. The van der Waals surface area contributed by atoms with Gasteiger partial charge in [-0.3, -0.25) is 9.59 Å². The van der Waals surface area contributed by atoms with Gasteiger partial charge in [0.05, 0.1) is 13.5 Å². The third-order valence-corrected chi connectivity index (χ3v) is 2.77. The zero-order valence-corrected chi connectivity index (χ0v) is 11.2. The maximum Gasteiger partial charge on any atom is 0.310 e. The number of ether oxygens (including phenoxy) is 1. The minimum absolute atomic E-state index is 0.0231. The number of carbonyl (C=O) groups excluding carboxylic acids is 1. The van der Waals surface area contributed by atoms with Crippen LogP contribution in [0.5, 0.6) is 0 Å². The van der Waals surface area contributed by atoms with Crippen LogP contribution < -0.4 is 5.32 Å². The van der Waals surface area contributed by atoms with Gasteiger partial charge in [-0.15, -0.1) is 0 Å².